The van der Waals surface area contributed by atoms with Crippen LogP contribution in [0.15, 0.2) is 65.6 Å². The predicted molar refractivity (Wildman–Crippen MR) is 134 cm³/mol. The Morgan fingerprint density at radius 2 is 1.80 bits per heavy atom. The average Bonchev–Trinajstić information content (AvgIpc) is 3.35. The molecule has 182 valence electrons. The summed E-state index contributed by atoms with van der Waals surface area (Å²) in [5.74, 6) is -0.235. The molecule has 0 saturated carbocycles. The summed E-state index contributed by atoms with van der Waals surface area (Å²) in [6, 6.07) is 18.0. The Labute approximate surface area is 205 Å². The molecular formula is C27H28N2O5S. The lowest BCUT2D eigenvalue weighted by molar-refractivity contribution is 0.0600. The van der Waals surface area contributed by atoms with Gasteiger partial charge in [0, 0.05) is 29.5 Å². The molecule has 2 aliphatic rings. The van der Waals surface area contributed by atoms with Crippen LogP contribution in [-0.2, 0) is 19.5 Å². The van der Waals surface area contributed by atoms with Crippen LogP contribution in [0, 0.1) is 19.8 Å². The number of fused-ring (bicyclic) bond motifs is 3. The van der Waals surface area contributed by atoms with Crippen molar-refractivity contribution < 1.29 is 22.7 Å². The number of aryl methyl sites for hydroxylation is 2. The van der Waals surface area contributed by atoms with Crippen molar-refractivity contribution in [2.24, 2.45) is 5.92 Å². The predicted octanol–water partition coefficient (Wildman–Crippen LogP) is 5.14. The van der Waals surface area contributed by atoms with E-state index in [1.807, 2.05) is 38.1 Å². The van der Waals surface area contributed by atoms with E-state index in [-0.39, 0.29) is 28.9 Å². The highest BCUT2D eigenvalue weighted by molar-refractivity contribution is 7.92. The fraction of sp³-hybridized carbons (Fsp3) is 0.296. The molecule has 3 aromatic rings. The first-order chi connectivity index (χ1) is 16.8. The summed E-state index contributed by atoms with van der Waals surface area (Å²) in [7, 11) is -2.40. The summed E-state index contributed by atoms with van der Waals surface area (Å²) < 4.78 is 39.9. The molecule has 3 atom stereocenters. The van der Waals surface area contributed by atoms with Crippen LogP contribution in [0.3, 0.4) is 0 Å². The van der Waals surface area contributed by atoms with Gasteiger partial charge in [0.1, 0.15) is 0 Å². The largest absolute Gasteiger partial charge is 0.465 e. The molecule has 0 radical (unpaired) electrons. The highest BCUT2D eigenvalue weighted by atomic mass is 32.2. The Hall–Kier alpha value is -3.36. The van der Waals surface area contributed by atoms with E-state index in [9.17, 15) is 13.2 Å². The molecule has 5 rings (SSSR count). The molecule has 1 fully saturated rings. The number of benzene rings is 3. The standard InChI is InChI=1S/C27H28N2O5S/c1-16-4-9-20(14-17(16)2)29-35(31,32)21-10-11-24-23(15-21)26-22(12-13-34-26)25(28-24)18-5-7-19(8-6-18)27(30)33-3/h4-11,14-15,22,25-26,28-29H,12-13H2,1-3H3/t22-,25?,26-/m0/s1. The van der Waals surface area contributed by atoms with Gasteiger partial charge in [-0.3, -0.25) is 4.72 Å². The van der Waals surface area contributed by atoms with Crippen LogP contribution >= 0.6 is 0 Å². The first kappa shape index (κ1) is 23.4. The quantitative estimate of drug-likeness (QED) is 0.480. The van der Waals surface area contributed by atoms with Crippen molar-refractivity contribution in [1.82, 2.24) is 0 Å². The van der Waals surface area contributed by atoms with Crippen LogP contribution in [0.1, 0.15) is 51.2 Å². The van der Waals surface area contributed by atoms with Crippen molar-refractivity contribution in [2.45, 2.75) is 37.3 Å². The van der Waals surface area contributed by atoms with E-state index in [1.54, 1.807) is 36.4 Å². The number of ether oxygens (including phenoxy) is 2. The number of esters is 1. The van der Waals surface area contributed by atoms with Gasteiger partial charge in [0.25, 0.3) is 10.0 Å². The molecular weight excluding hydrogens is 464 g/mol. The van der Waals surface area contributed by atoms with Crippen LogP contribution in [0.4, 0.5) is 11.4 Å². The molecule has 0 amide bonds. The Bertz CT molecular complexity index is 1390. The highest BCUT2D eigenvalue weighted by Gasteiger charge is 2.42. The fourth-order valence-electron chi connectivity index (χ4n) is 4.91. The molecule has 2 N–H and O–H groups in total. The second-order valence-electron chi connectivity index (χ2n) is 9.13. The molecule has 7 nitrogen and oxygen atoms in total. The summed E-state index contributed by atoms with van der Waals surface area (Å²) in [6.45, 7) is 4.54. The number of methoxy groups -OCH3 is 1. The molecule has 0 aliphatic carbocycles. The van der Waals surface area contributed by atoms with Crippen LogP contribution in [0.25, 0.3) is 0 Å². The van der Waals surface area contributed by atoms with Gasteiger partial charge in [-0.2, -0.15) is 0 Å². The maximum absolute atomic E-state index is 13.2. The topological polar surface area (TPSA) is 93.7 Å². The van der Waals surface area contributed by atoms with Gasteiger partial charge >= 0.3 is 5.97 Å². The molecule has 0 bridgehead atoms. The Balaban J connectivity index is 1.44. The molecule has 2 aliphatic heterocycles. The van der Waals surface area contributed by atoms with Crippen molar-refractivity contribution in [3.8, 4) is 0 Å². The Morgan fingerprint density at radius 1 is 1.03 bits per heavy atom. The highest BCUT2D eigenvalue weighted by Crippen LogP contribution is 2.50. The van der Waals surface area contributed by atoms with E-state index in [0.717, 1.165) is 34.4 Å². The van der Waals surface area contributed by atoms with Crippen molar-refractivity contribution in [2.75, 3.05) is 23.8 Å². The lowest BCUT2D eigenvalue weighted by Crippen LogP contribution is -2.29. The molecule has 1 saturated heterocycles. The maximum Gasteiger partial charge on any atom is 0.337 e. The van der Waals surface area contributed by atoms with Gasteiger partial charge in [0.15, 0.2) is 0 Å². The third-order valence-electron chi connectivity index (χ3n) is 6.97. The molecule has 8 heteroatoms. The monoisotopic (exact) mass is 492 g/mol. The number of hydrogen-bond donors (Lipinski definition) is 2. The van der Waals surface area contributed by atoms with Gasteiger partial charge in [-0.25, -0.2) is 13.2 Å². The van der Waals surface area contributed by atoms with Crippen LogP contribution < -0.4 is 10.0 Å². The number of carbonyl (C=O) groups is 1. The normalized spacial score (nSPS) is 20.9. The maximum atomic E-state index is 13.2. The number of carbonyl (C=O) groups excluding carboxylic acids is 1. The van der Waals surface area contributed by atoms with Gasteiger partial charge in [-0.1, -0.05) is 18.2 Å². The van der Waals surface area contributed by atoms with E-state index >= 15 is 0 Å². The second kappa shape index (κ2) is 9.02. The summed E-state index contributed by atoms with van der Waals surface area (Å²) in [6.07, 6.45) is 0.631. The Morgan fingerprint density at radius 3 is 2.51 bits per heavy atom. The van der Waals surface area contributed by atoms with Crippen LogP contribution in [0.5, 0.6) is 0 Å². The fourth-order valence-corrected chi connectivity index (χ4v) is 6.00. The van der Waals surface area contributed by atoms with Gasteiger partial charge in [-0.05, 0) is 79.4 Å². The molecule has 0 aromatic heterocycles. The number of nitrogens with one attached hydrogen (secondary N) is 2. The van der Waals surface area contributed by atoms with E-state index in [0.29, 0.717) is 17.9 Å². The number of anilines is 2. The smallest absolute Gasteiger partial charge is 0.337 e. The molecule has 1 unspecified atom stereocenters. The zero-order chi connectivity index (χ0) is 24.7. The number of hydrogen-bond acceptors (Lipinski definition) is 6. The van der Waals surface area contributed by atoms with Gasteiger partial charge in [0.05, 0.1) is 29.7 Å². The summed E-state index contributed by atoms with van der Waals surface area (Å²) in [5, 5.41) is 3.58. The minimum Gasteiger partial charge on any atom is -0.465 e. The first-order valence-electron chi connectivity index (χ1n) is 11.6. The van der Waals surface area contributed by atoms with E-state index < -0.39 is 10.0 Å². The number of rotatable bonds is 5. The third-order valence-corrected chi connectivity index (χ3v) is 8.35. The molecule has 0 spiro atoms. The van der Waals surface area contributed by atoms with Crippen LogP contribution in [-0.4, -0.2) is 28.1 Å². The molecule has 3 aromatic carbocycles. The van der Waals surface area contributed by atoms with Crippen LogP contribution in [0.2, 0.25) is 0 Å². The lowest BCUT2D eigenvalue weighted by atomic mass is 9.81. The first-order valence-corrected chi connectivity index (χ1v) is 13.1. The third kappa shape index (κ3) is 4.39. The summed E-state index contributed by atoms with van der Waals surface area (Å²) in [4.78, 5) is 12.0. The van der Waals surface area contributed by atoms with Gasteiger partial charge < -0.3 is 14.8 Å². The summed E-state index contributed by atoms with van der Waals surface area (Å²) in [5.41, 5.74) is 5.89. The summed E-state index contributed by atoms with van der Waals surface area (Å²) >= 11 is 0. The van der Waals surface area contributed by atoms with Crippen molar-refractivity contribution >= 4 is 27.4 Å². The second-order valence-corrected chi connectivity index (χ2v) is 10.8. The Kier molecular flexibility index (Phi) is 6.02. The van der Waals surface area contributed by atoms with E-state index in [2.05, 4.69) is 10.0 Å². The SMILES string of the molecule is COC(=O)c1ccc(C2Nc3ccc(S(=O)(=O)Nc4ccc(C)c(C)c4)cc3[C@H]3OCC[C@@H]23)cc1. The zero-order valence-corrected chi connectivity index (χ0v) is 20.7. The average molecular weight is 493 g/mol. The van der Waals surface area contributed by atoms with Crippen molar-refractivity contribution in [1.29, 1.82) is 0 Å². The number of sulfonamides is 1. The minimum absolute atomic E-state index is 0.0159. The van der Waals surface area contributed by atoms with E-state index in [1.165, 1.54) is 7.11 Å². The molecule has 2 heterocycles. The molecule has 35 heavy (non-hydrogen) atoms. The van der Waals surface area contributed by atoms with E-state index in [4.69, 9.17) is 9.47 Å². The zero-order valence-electron chi connectivity index (χ0n) is 19.9. The van der Waals surface area contributed by atoms with Crippen molar-refractivity contribution in [3.05, 3.63) is 88.5 Å². The van der Waals surface area contributed by atoms with Gasteiger partial charge in [0.2, 0.25) is 0 Å². The van der Waals surface area contributed by atoms with Gasteiger partial charge in [-0.15, -0.1) is 0 Å². The van der Waals surface area contributed by atoms with Crippen molar-refractivity contribution in [3.63, 3.8) is 0 Å². The lowest BCUT2D eigenvalue weighted by Gasteiger charge is -2.36. The minimum atomic E-state index is -3.76.